The quantitative estimate of drug-likeness (QED) is 0.596. The van der Waals surface area contributed by atoms with Crippen LogP contribution in [0.3, 0.4) is 0 Å². The first-order valence-corrected chi connectivity index (χ1v) is 8.67. The Morgan fingerprint density at radius 1 is 0.963 bits per heavy atom. The average molecular weight is 369 g/mol. The van der Waals surface area contributed by atoms with Crippen LogP contribution in [0.25, 0.3) is 0 Å². The summed E-state index contributed by atoms with van der Waals surface area (Å²) in [7, 11) is 0. The van der Waals surface area contributed by atoms with E-state index in [1.54, 1.807) is 30.3 Å². The fourth-order valence-electron chi connectivity index (χ4n) is 2.46. The molecule has 0 fully saturated rings. The number of hydrogen-bond acceptors (Lipinski definition) is 3. The lowest BCUT2D eigenvalue weighted by Gasteiger charge is -2.14. The van der Waals surface area contributed by atoms with Gasteiger partial charge < -0.3 is 21.1 Å². The topological polar surface area (TPSA) is 108 Å². The molecule has 4 N–H and O–H groups in total. The molecule has 0 aliphatic heterocycles. The van der Waals surface area contributed by atoms with Crippen molar-refractivity contribution in [2.75, 3.05) is 10.6 Å². The molecule has 0 unspecified atom stereocenters. The van der Waals surface area contributed by atoms with Crippen LogP contribution < -0.4 is 16.0 Å². The van der Waals surface area contributed by atoms with Crippen LogP contribution in [0.15, 0.2) is 42.5 Å². The van der Waals surface area contributed by atoms with Gasteiger partial charge in [0.15, 0.2) is 0 Å². The zero-order valence-electron chi connectivity index (χ0n) is 15.3. The van der Waals surface area contributed by atoms with Gasteiger partial charge in [0.25, 0.3) is 0 Å². The molecule has 0 aliphatic carbocycles. The van der Waals surface area contributed by atoms with Gasteiger partial charge in [-0.1, -0.05) is 25.1 Å². The molecule has 0 radical (unpaired) electrons. The van der Waals surface area contributed by atoms with E-state index >= 15 is 0 Å². The van der Waals surface area contributed by atoms with Crippen molar-refractivity contribution in [2.24, 2.45) is 0 Å². The predicted molar refractivity (Wildman–Crippen MR) is 104 cm³/mol. The smallest absolute Gasteiger partial charge is 0.335 e. The summed E-state index contributed by atoms with van der Waals surface area (Å²) in [5, 5.41) is 17.2. The van der Waals surface area contributed by atoms with Gasteiger partial charge >= 0.3 is 12.0 Å². The van der Waals surface area contributed by atoms with Crippen molar-refractivity contribution >= 4 is 29.3 Å². The molecule has 0 heterocycles. The molecule has 3 amide bonds. The van der Waals surface area contributed by atoms with Crippen molar-refractivity contribution in [1.29, 1.82) is 0 Å². The zero-order chi connectivity index (χ0) is 19.8. The van der Waals surface area contributed by atoms with Crippen molar-refractivity contribution in [3.63, 3.8) is 0 Å². The molecule has 7 heteroatoms. The van der Waals surface area contributed by atoms with Crippen LogP contribution in [-0.4, -0.2) is 23.0 Å². The summed E-state index contributed by atoms with van der Waals surface area (Å²) in [4.78, 5) is 34.8. The molecule has 142 valence electrons. The van der Waals surface area contributed by atoms with E-state index in [0.717, 1.165) is 17.5 Å². The van der Waals surface area contributed by atoms with Crippen LogP contribution in [0, 0.1) is 6.92 Å². The van der Waals surface area contributed by atoms with Crippen LogP contribution in [0.4, 0.5) is 16.2 Å². The van der Waals surface area contributed by atoms with Gasteiger partial charge in [-0.05, 0) is 48.7 Å². The number of carboxylic acids is 1. The normalized spacial score (nSPS) is 10.1. The first-order valence-electron chi connectivity index (χ1n) is 8.67. The van der Waals surface area contributed by atoms with Gasteiger partial charge in [0.1, 0.15) is 0 Å². The Morgan fingerprint density at radius 2 is 1.59 bits per heavy atom. The second-order valence-corrected chi connectivity index (χ2v) is 6.09. The van der Waals surface area contributed by atoms with Gasteiger partial charge in [-0.15, -0.1) is 0 Å². The molecule has 0 saturated heterocycles. The third kappa shape index (κ3) is 5.85. The maximum atomic E-state index is 12.1. The molecule has 2 aromatic carbocycles. The summed E-state index contributed by atoms with van der Waals surface area (Å²) in [5.41, 5.74) is 3.01. The number of urea groups is 1. The number of anilines is 2. The van der Waals surface area contributed by atoms with Gasteiger partial charge in [0.05, 0.1) is 5.56 Å². The highest BCUT2D eigenvalue weighted by Gasteiger charge is 2.10. The molecular formula is C20H23N3O4. The van der Waals surface area contributed by atoms with Crippen LogP contribution in [0.2, 0.25) is 0 Å². The Bertz CT molecular complexity index is 832. The zero-order valence-corrected chi connectivity index (χ0v) is 15.3. The molecule has 27 heavy (non-hydrogen) atoms. The minimum Gasteiger partial charge on any atom is -0.478 e. The van der Waals surface area contributed by atoms with Crippen molar-refractivity contribution in [1.82, 2.24) is 5.32 Å². The predicted octanol–water partition coefficient (Wildman–Crippen LogP) is 3.75. The Hall–Kier alpha value is -3.35. The van der Waals surface area contributed by atoms with E-state index in [4.69, 9.17) is 5.11 Å². The average Bonchev–Trinajstić information content (AvgIpc) is 2.64. The summed E-state index contributed by atoms with van der Waals surface area (Å²) in [6, 6.07) is 11.2. The van der Waals surface area contributed by atoms with Gasteiger partial charge in [0.2, 0.25) is 5.91 Å². The number of benzene rings is 2. The van der Waals surface area contributed by atoms with E-state index in [-0.39, 0.29) is 18.0 Å². The highest BCUT2D eigenvalue weighted by molar-refractivity contribution is 5.95. The summed E-state index contributed by atoms with van der Waals surface area (Å²) in [6.45, 7) is 4.02. The van der Waals surface area contributed by atoms with Crippen molar-refractivity contribution in [3.05, 3.63) is 59.2 Å². The Morgan fingerprint density at radius 3 is 2.19 bits per heavy atom. The van der Waals surface area contributed by atoms with Gasteiger partial charge in [-0.3, -0.25) is 4.79 Å². The van der Waals surface area contributed by atoms with Gasteiger partial charge in [-0.25, -0.2) is 9.59 Å². The van der Waals surface area contributed by atoms with E-state index in [2.05, 4.69) is 16.0 Å². The molecule has 0 spiro atoms. The van der Waals surface area contributed by atoms with Gasteiger partial charge in [-0.2, -0.15) is 0 Å². The lowest BCUT2D eigenvalue weighted by molar-refractivity contribution is -0.116. The summed E-state index contributed by atoms with van der Waals surface area (Å²) in [6.07, 6.45) is 1.21. The van der Waals surface area contributed by atoms with Crippen LogP contribution in [-0.2, 0) is 11.3 Å². The standard InChI is InChI=1S/C20H23N3O4/c1-3-5-18(24)22-16-6-4-7-17(13(16)2)23-20(27)21-12-14-8-10-15(11-9-14)19(25)26/h4,6-11H,3,5,12H2,1-2H3,(H,22,24)(H,25,26)(H2,21,23,27). The SMILES string of the molecule is CCCC(=O)Nc1cccc(NC(=O)NCc2ccc(C(=O)O)cc2)c1C. The van der Waals surface area contributed by atoms with Crippen LogP contribution in [0.5, 0.6) is 0 Å². The molecule has 0 bridgehead atoms. The number of amides is 3. The lowest BCUT2D eigenvalue weighted by Crippen LogP contribution is -2.28. The fraction of sp³-hybridized carbons (Fsp3) is 0.250. The van der Waals surface area contributed by atoms with Gasteiger partial charge in [0, 0.05) is 24.3 Å². The first-order chi connectivity index (χ1) is 12.9. The maximum absolute atomic E-state index is 12.1. The fourth-order valence-corrected chi connectivity index (χ4v) is 2.46. The minimum atomic E-state index is -0.992. The largest absolute Gasteiger partial charge is 0.478 e. The second-order valence-electron chi connectivity index (χ2n) is 6.09. The molecular weight excluding hydrogens is 346 g/mol. The van der Waals surface area contributed by atoms with E-state index < -0.39 is 12.0 Å². The highest BCUT2D eigenvalue weighted by atomic mass is 16.4. The first kappa shape index (κ1) is 20.0. The Kier molecular flexibility index (Phi) is 6.93. The van der Waals surface area contributed by atoms with E-state index in [1.165, 1.54) is 12.1 Å². The summed E-state index contributed by atoms with van der Waals surface area (Å²) in [5.74, 6) is -1.05. The second kappa shape index (κ2) is 9.38. The molecule has 7 nitrogen and oxygen atoms in total. The van der Waals surface area contributed by atoms with Crippen molar-refractivity contribution in [3.8, 4) is 0 Å². The number of rotatable bonds is 7. The lowest BCUT2D eigenvalue weighted by atomic mass is 10.1. The van der Waals surface area contributed by atoms with Crippen LogP contribution >= 0.6 is 0 Å². The number of carboxylic acid groups (broad SMARTS) is 1. The number of aromatic carboxylic acids is 1. The molecule has 2 rings (SSSR count). The Labute approximate surface area is 157 Å². The maximum Gasteiger partial charge on any atom is 0.335 e. The van der Waals surface area contributed by atoms with Crippen molar-refractivity contribution < 1.29 is 19.5 Å². The summed E-state index contributed by atoms with van der Waals surface area (Å²) < 4.78 is 0. The molecule has 2 aromatic rings. The van der Waals surface area contributed by atoms with Crippen LogP contribution in [0.1, 0.15) is 41.3 Å². The minimum absolute atomic E-state index is 0.0630. The monoisotopic (exact) mass is 369 g/mol. The molecule has 0 saturated carbocycles. The van der Waals surface area contributed by atoms with Crippen molar-refractivity contribution in [2.45, 2.75) is 33.2 Å². The van der Waals surface area contributed by atoms with E-state index in [1.807, 2.05) is 13.8 Å². The third-order valence-electron chi connectivity index (χ3n) is 3.99. The number of carbonyl (C=O) groups excluding carboxylic acids is 2. The third-order valence-corrected chi connectivity index (χ3v) is 3.99. The molecule has 0 aromatic heterocycles. The number of nitrogens with one attached hydrogen (secondary N) is 3. The summed E-state index contributed by atoms with van der Waals surface area (Å²) >= 11 is 0. The van der Waals surface area contributed by atoms with E-state index in [0.29, 0.717) is 17.8 Å². The molecule has 0 aliphatic rings. The molecule has 0 atom stereocenters. The number of hydrogen-bond donors (Lipinski definition) is 4. The Balaban J connectivity index is 1.95. The van der Waals surface area contributed by atoms with E-state index in [9.17, 15) is 14.4 Å². The highest BCUT2D eigenvalue weighted by Crippen LogP contribution is 2.23. The number of carbonyl (C=O) groups is 3.